The molecule has 0 radical (unpaired) electrons. The lowest BCUT2D eigenvalue weighted by Gasteiger charge is -2.24. The molecule has 0 saturated heterocycles. The van der Waals surface area contributed by atoms with Crippen molar-refractivity contribution >= 4 is 15.9 Å². The zero-order chi connectivity index (χ0) is 11.7. The average molecular weight is 286 g/mol. The standard InChI is InChI=1S/C12H20BrN3/c1-9-12(13)11(16(3)14-9)8-15(2)10-6-4-5-7-10/h10H,4-8H2,1-3H3. The van der Waals surface area contributed by atoms with Gasteiger partial charge in [0.25, 0.3) is 0 Å². The van der Waals surface area contributed by atoms with Crippen LogP contribution in [0, 0.1) is 6.92 Å². The number of aryl methyl sites for hydroxylation is 2. The molecule has 2 rings (SSSR count). The van der Waals surface area contributed by atoms with Gasteiger partial charge in [-0.1, -0.05) is 12.8 Å². The van der Waals surface area contributed by atoms with Crippen LogP contribution in [0.2, 0.25) is 0 Å². The molecule has 0 amide bonds. The summed E-state index contributed by atoms with van der Waals surface area (Å²) in [6.45, 7) is 3.03. The second-order valence-electron chi connectivity index (χ2n) is 4.82. The Morgan fingerprint density at radius 2 is 2.06 bits per heavy atom. The predicted octanol–water partition coefficient (Wildman–Crippen LogP) is 2.87. The van der Waals surface area contributed by atoms with Crippen molar-refractivity contribution in [2.75, 3.05) is 7.05 Å². The van der Waals surface area contributed by atoms with Gasteiger partial charge >= 0.3 is 0 Å². The van der Waals surface area contributed by atoms with Gasteiger partial charge in [-0.3, -0.25) is 9.58 Å². The average Bonchev–Trinajstić information content (AvgIpc) is 2.83. The number of hydrogen-bond donors (Lipinski definition) is 0. The van der Waals surface area contributed by atoms with Gasteiger partial charge in [0.2, 0.25) is 0 Å². The first kappa shape index (κ1) is 12.1. The molecule has 1 aromatic rings. The molecule has 1 saturated carbocycles. The summed E-state index contributed by atoms with van der Waals surface area (Å²) in [6, 6.07) is 0.766. The van der Waals surface area contributed by atoms with Crippen LogP contribution in [-0.4, -0.2) is 27.8 Å². The fourth-order valence-corrected chi connectivity index (χ4v) is 3.02. The molecule has 0 aliphatic heterocycles. The quantitative estimate of drug-likeness (QED) is 0.852. The van der Waals surface area contributed by atoms with Crippen molar-refractivity contribution in [1.82, 2.24) is 14.7 Å². The van der Waals surface area contributed by atoms with E-state index in [0.29, 0.717) is 0 Å². The minimum absolute atomic E-state index is 0.766. The fraction of sp³-hybridized carbons (Fsp3) is 0.750. The van der Waals surface area contributed by atoms with Crippen molar-refractivity contribution < 1.29 is 0 Å². The Morgan fingerprint density at radius 3 is 2.56 bits per heavy atom. The van der Waals surface area contributed by atoms with E-state index < -0.39 is 0 Å². The van der Waals surface area contributed by atoms with E-state index in [1.54, 1.807) is 0 Å². The van der Waals surface area contributed by atoms with Gasteiger partial charge in [0, 0.05) is 19.6 Å². The maximum Gasteiger partial charge on any atom is 0.0739 e. The van der Waals surface area contributed by atoms with Crippen LogP contribution in [0.4, 0.5) is 0 Å². The minimum Gasteiger partial charge on any atom is -0.298 e. The van der Waals surface area contributed by atoms with Crippen LogP contribution in [0.15, 0.2) is 4.47 Å². The van der Waals surface area contributed by atoms with Gasteiger partial charge in [0.1, 0.15) is 0 Å². The Hall–Kier alpha value is -0.350. The van der Waals surface area contributed by atoms with E-state index in [0.717, 1.165) is 18.3 Å². The lowest BCUT2D eigenvalue weighted by atomic mass is 10.2. The molecule has 0 N–H and O–H groups in total. The first-order valence-corrected chi connectivity index (χ1v) is 6.77. The van der Waals surface area contributed by atoms with Gasteiger partial charge in [0.05, 0.1) is 15.9 Å². The third kappa shape index (κ3) is 2.33. The maximum atomic E-state index is 4.43. The maximum absolute atomic E-state index is 4.43. The van der Waals surface area contributed by atoms with E-state index in [1.807, 2.05) is 18.7 Å². The molecule has 0 bridgehead atoms. The highest BCUT2D eigenvalue weighted by atomic mass is 79.9. The van der Waals surface area contributed by atoms with E-state index in [2.05, 4.69) is 33.0 Å². The van der Waals surface area contributed by atoms with E-state index in [1.165, 1.54) is 35.8 Å². The number of hydrogen-bond acceptors (Lipinski definition) is 2. The number of nitrogens with zero attached hydrogens (tertiary/aromatic N) is 3. The Morgan fingerprint density at radius 1 is 1.44 bits per heavy atom. The molecule has 0 atom stereocenters. The van der Waals surface area contributed by atoms with Gasteiger partial charge in [-0.05, 0) is 42.7 Å². The highest BCUT2D eigenvalue weighted by Crippen LogP contribution is 2.26. The van der Waals surface area contributed by atoms with Crippen molar-refractivity contribution in [3.8, 4) is 0 Å². The second kappa shape index (κ2) is 4.88. The molecule has 0 spiro atoms. The van der Waals surface area contributed by atoms with E-state index in [-0.39, 0.29) is 0 Å². The normalized spacial score (nSPS) is 17.6. The summed E-state index contributed by atoms with van der Waals surface area (Å²) in [7, 11) is 4.25. The molecule has 1 fully saturated rings. The second-order valence-corrected chi connectivity index (χ2v) is 5.62. The van der Waals surface area contributed by atoms with Gasteiger partial charge in [-0.15, -0.1) is 0 Å². The molecule has 1 aromatic heterocycles. The van der Waals surface area contributed by atoms with Crippen molar-refractivity contribution in [2.45, 2.75) is 45.2 Å². The highest BCUT2D eigenvalue weighted by Gasteiger charge is 2.21. The largest absolute Gasteiger partial charge is 0.298 e. The summed E-state index contributed by atoms with van der Waals surface area (Å²) in [4.78, 5) is 2.47. The van der Waals surface area contributed by atoms with Crippen LogP contribution >= 0.6 is 15.9 Å². The summed E-state index contributed by atoms with van der Waals surface area (Å²) >= 11 is 3.63. The smallest absolute Gasteiger partial charge is 0.0739 e. The molecule has 90 valence electrons. The zero-order valence-electron chi connectivity index (χ0n) is 10.3. The van der Waals surface area contributed by atoms with Crippen molar-refractivity contribution in [3.05, 3.63) is 15.9 Å². The van der Waals surface area contributed by atoms with Gasteiger partial charge in [-0.2, -0.15) is 5.10 Å². The summed E-state index contributed by atoms with van der Waals surface area (Å²) in [5.41, 5.74) is 2.37. The van der Waals surface area contributed by atoms with Crippen LogP contribution < -0.4 is 0 Å². The third-order valence-electron chi connectivity index (χ3n) is 3.61. The van der Waals surface area contributed by atoms with Crippen molar-refractivity contribution in [1.29, 1.82) is 0 Å². The lowest BCUT2D eigenvalue weighted by Crippen LogP contribution is -2.29. The number of halogens is 1. The Balaban J connectivity index is 2.07. The van der Waals surface area contributed by atoms with E-state index in [4.69, 9.17) is 0 Å². The van der Waals surface area contributed by atoms with E-state index in [9.17, 15) is 0 Å². The first-order chi connectivity index (χ1) is 7.59. The summed E-state index contributed by atoms with van der Waals surface area (Å²) in [5.74, 6) is 0. The summed E-state index contributed by atoms with van der Waals surface area (Å²) in [5, 5.41) is 4.43. The van der Waals surface area contributed by atoms with Crippen molar-refractivity contribution in [3.63, 3.8) is 0 Å². The zero-order valence-corrected chi connectivity index (χ0v) is 11.9. The van der Waals surface area contributed by atoms with Crippen LogP contribution in [0.25, 0.3) is 0 Å². The van der Waals surface area contributed by atoms with Crippen LogP contribution in [-0.2, 0) is 13.6 Å². The molecule has 3 nitrogen and oxygen atoms in total. The van der Waals surface area contributed by atoms with E-state index >= 15 is 0 Å². The molecular formula is C12H20BrN3. The minimum atomic E-state index is 0.766. The number of aromatic nitrogens is 2. The van der Waals surface area contributed by atoms with Crippen LogP contribution in [0.1, 0.15) is 37.1 Å². The van der Waals surface area contributed by atoms with Gasteiger partial charge in [0.15, 0.2) is 0 Å². The van der Waals surface area contributed by atoms with Crippen LogP contribution in [0.3, 0.4) is 0 Å². The van der Waals surface area contributed by atoms with Crippen LogP contribution in [0.5, 0.6) is 0 Å². The molecule has 1 aliphatic rings. The van der Waals surface area contributed by atoms with Crippen molar-refractivity contribution in [2.24, 2.45) is 7.05 Å². The molecule has 16 heavy (non-hydrogen) atoms. The molecule has 0 aromatic carbocycles. The lowest BCUT2D eigenvalue weighted by molar-refractivity contribution is 0.231. The Kier molecular flexibility index (Phi) is 3.70. The Bertz CT molecular complexity index is 367. The fourth-order valence-electron chi connectivity index (χ4n) is 2.56. The molecule has 0 unspecified atom stereocenters. The molecule has 4 heteroatoms. The Labute approximate surface area is 106 Å². The molecule has 1 aliphatic carbocycles. The van der Waals surface area contributed by atoms with Gasteiger partial charge < -0.3 is 0 Å². The highest BCUT2D eigenvalue weighted by molar-refractivity contribution is 9.10. The number of rotatable bonds is 3. The molecule has 1 heterocycles. The monoisotopic (exact) mass is 285 g/mol. The molecular weight excluding hydrogens is 266 g/mol. The SMILES string of the molecule is Cc1nn(C)c(CN(C)C2CCCC2)c1Br. The predicted molar refractivity (Wildman–Crippen MR) is 69.4 cm³/mol. The van der Waals surface area contributed by atoms with Gasteiger partial charge in [-0.25, -0.2) is 0 Å². The topological polar surface area (TPSA) is 21.1 Å². The third-order valence-corrected chi connectivity index (χ3v) is 4.64. The summed E-state index contributed by atoms with van der Waals surface area (Å²) in [6.07, 6.45) is 5.48. The summed E-state index contributed by atoms with van der Waals surface area (Å²) < 4.78 is 3.16. The first-order valence-electron chi connectivity index (χ1n) is 5.98.